The molecule has 1 aromatic rings. The summed E-state index contributed by atoms with van der Waals surface area (Å²) in [4.78, 5) is 23.6. The van der Waals surface area contributed by atoms with Crippen molar-refractivity contribution in [2.75, 3.05) is 6.61 Å². The quantitative estimate of drug-likeness (QED) is 0.609. The highest BCUT2D eigenvalue weighted by Gasteiger charge is 2.35. The number of nitrogens with zero attached hydrogens (tertiary/aromatic N) is 2. The van der Waals surface area contributed by atoms with Gasteiger partial charge in [-0.2, -0.15) is 5.10 Å². The molecule has 5 nitrogen and oxygen atoms in total. The standard InChI is InChI=1S/C14H16N2O3/c1-3-19-14(18)12-8-15-16(13(12)17)9-11-6-4-5-10(2)7-11/h4-8,12H,3,9H2,1-2H3. The minimum absolute atomic E-state index is 0.258. The highest BCUT2D eigenvalue weighted by Crippen LogP contribution is 2.16. The van der Waals surface area contributed by atoms with Gasteiger partial charge in [0.25, 0.3) is 5.91 Å². The number of hydrogen-bond acceptors (Lipinski definition) is 4. The summed E-state index contributed by atoms with van der Waals surface area (Å²) in [6, 6.07) is 7.83. The van der Waals surface area contributed by atoms with Crippen LogP contribution in [0.5, 0.6) is 0 Å². The van der Waals surface area contributed by atoms with E-state index in [1.165, 1.54) is 11.2 Å². The third kappa shape index (κ3) is 2.99. The lowest BCUT2D eigenvalue weighted by atomic mass is 10.1. The number of hydrazone groups is 1. The Bertz CT molecular complexity index is 525. The SMILES string of the molecule is CCOC(=O)C1C=NN(Cc2cccc(C)c2)C1=O. The van der Waals surface area contributed by atoms with Gasteiger partial charge in [-0.25, -0.2) is 5.01 Å². The predicted molar refractivity (Wildman–Crippen MR) is 70.3 cm³/mol. The number of amides is 1. The molecule has 19 heavy (non-hydrogen) atoms. The number of carbonyl (C=O) groups excluding carboxylic acids is 2. The van der Waals surface area contributed by atoms with Crippen molar-refractivity contribution in [3.05, 3.63) is 35.4 Å². The van der Waals surface area contributed by atoms with E-state index in [0.717, 1.165) is 11.1 Å². The van der Waals surface area contributed by atoms with Crippen LogP contribution in [0, 0.1) is 12.8 Å². The van der Waals surface area contributed by atoms with Gasteiger partial charge in [-0.3, -0.25) is 9.59 Å². The van der Waals surface area contributed by atoms with E-state index in [1.54, 1.807) is 6.92 Å². The number of aryl methyl sites for hydroxylation is 1. The van der Waals surface area contributed by atoms with Crippen molar-refractivity contribution in [1.82, 2.24) is 5.01 Å². The van der Waals surface area contributed by atoms with Gasteiger partial charge in [-0.05, 0) is 19.4 Å². The first kappa shape index (κ1) is 13.3. The Morgan fingerprint density at radius 2 is 2.26 bits per heavy atom. The molecule has 1 unspecified atom stereocenters. The minimum atomic E-state index is -0.898. The molecule has 1 aliphatic heterocycles. The Kier molecular flexibility index (Phi) is 3.94. The molecule has 1 amide bonds. The number of ether oxygens (including phenoxy) is 1. The van der Waals surface area contributed by atoms with E-state index >= 15 is 0 Å². The second kappa shape index (κ2) is 5.65. The van der Waals surface area contributed by atoms with Crippen molar-refractivity contribution < 1.29 is 14.3 Å². The van der Waals surface area contributed by atoms with Crippen LogP contribution in [-0.2, 0) is 20.9 Å². The van der Waals surface area contributed by atoms with Crippen molar-refractivity contribution in [3.8, 4) is 0 Å². The zero-order chi connectivity index (χ0) is 13.8. The molecule has 0 saturated carbocycles. The zero-order valence-electron chi connectivity index (χ0n) is 11.0. The van der Waals surface area contributed by atoms with Gasteiger partial charge in [0, 0.05) is 6.21 Å². The van der Waals surface area contributed by atoms with Crippen LogP contribution in [0.3, 0.4) is 0 Å². The van der Waals surface area contributed by atoms with Crippen molar-refractivity contribution in [2.45, 2.75) is 20.4 Å². The van der Waals surface area contributed by atoms with Gasteiger partial charge < -0.3 is 4.74 Å². The highest BCUT2D eigenvalue weighted by atomic mass is 16.5. The fraction of sp³-hybridized carbons (Fsp3) is 0.357. The normalized spacial score (nSPS) is 17.9. The summed E-state index contributed by atoms with van der Waals surface area (Å²) in [6.07, 6.45) is 1.34. The topological polar surface area (TPSA) is 59.0 Å². The zero-order valence-corrected chi connectivity index (χ0v) is 11.0. The summed E-state index contributed by atoms with van der Waals surface area (Å²) in [5, 5.41) is 5.29. The molecule has 0 saturated heterocycles. The average molecular weight is 260 g/mol. The van der Waals surface area contributed by atoms with Crippen LogP contribution in [-0.4, -0.2) is 29.7 Å². The lowest BCUT2D eigenvalue weighted by Crippen LogP contribution is -2.31. The second-order valence-electron chi connectivity index (χ2n) is 4.38. The van der Waals surface area contributed by atoms with E-state index in [0.29, 0.717) is 6.54 Å². The lowest BCUT2D eigenvalue weighted by molar-refractivity contribution is -0.151. The molecular formula is C14H16N2O3. The van der Waals surface area contributed by atoms with Gasteiger partial charge in [0.2, 0.25) is 0 Å². The Balaban J connectivity index is 2.03. The third-order valence-corrected chi connectivity index (χ3v) is 2.83. The molecule has 2 rings (SSSR count). The summed E-state index contributed by atoms with van der Waals surface area (Å²) >= 11 is 0. The summed E-state index contributed by atoms with van der Waals surface area (Å²) in [5.74, 6) is -1.77. The molecule has 0 spiro atoms. The maximum atomic E-state index is 12.0. The molecule has 0 aliphatic carbocycles. The van der Waals surface area contributed by atoms with Crippen LogP contribution in [0.25, 0.3) is 0 Å². The van der Waals surface area contributed by atoms with E-state index in [2.05, 4.69) is 5.10 Å². The van der Waals surface area contributed by atoms with Gasteiger partial charge in [-0.1, -0.05) is 29.8 Å². The number of benzene rings is 1. The van der Waals surface area contributed by atoms with Crippen molar-refractivity contribution in [3.63, 3.8) is 0 Å². The predicted octanol–water partition coefficient (Wildman–Crippen LogP) is 1.50. The van der Waals surface area contributed by atoms with E-state index in [-0.39, 0.29) is 12.5 Å². The Morgan fingerprint density at radius 1 is 1.47 bits per heavy atom. The molecule has 0 N–H and O–H groups in total. The van der Waals surface area contributed by atoms with E-state index in [1.807, 2.05) is 31.2 Å². The molecule has 1 aliphatic rings. The third-order valence-electron chi connectivity index (χ3n) is 2.83. The number of carbonyl (C=O) groups is 2. The monoisotopic (exact) mass is 260 g/mol. The average Bonchev–Trinajstić information content (AvgIpc) is 2.71. The number of esters is 1. The smallest absolute Gasteiger partial charge is 0.324 e. The molecule has 0 radical (unpaired) electrons. The van der Waals surface area contributed by atoms with E-state index < -0.39 is 11.9 Å². The second-order valence-corrected chi connectivity index (χ2v) is 4.38. The molecule has 0 bridgehead atoms. The summed E-state index contributed by atoms with van der Waals surface area (Å²) in [6.45, 7) is 4.32. The Labute approximate surface area is 111 Å². The van der Waals surface area contributed by atoms with Crippen LogP contribution < -0.4 is 0 Å². The van der Waals surface area contributed by atoms with Crippen molar-refractivity contribution >= 4 is 18.1 Å². The summed E-state index contributed by atoms with van der Waals surface area (Å²) < 4.78 is 4.84. The molecule has 0 aromatic heterocycles. The fourth-order valence-electron chi connectivity index (χ4n) is 1.92. The lowest BCUT2D eigenvalue weighted by Gasteiger charge is -2.14. The first-order chi connectivity index (χ1) is 9.11. The van der Waals surface area contributed by atoms with Crippen molar-refractivity contribution in [2.24, 2.45) is 11.0 Å². The Hall–Kier alpha value is -2.17. The largest absolute Gasteiger partial charge is 0.465 e. The van der Waals surface area contributed by atoms with Crippen LogP contribution in [0.2, 0.25) is 0 Å². The van der Waals surface area contributed by atoms with Gasteiger partial charge in [0.1, 0.15) is 0 Å². The van der Waals surface area contributed by atoms with Crippen LogP contribution in [0.15, 0.2) is 29.4 Å². The van der Waals surface area contributed by atoms with Gasteiger partial charge in [-0.15, -0.1) is 0 Å². The first-order valence-corrected chi connectivity index (χ1v) is 6.19. The van der Waals surface area contributed by atoms with E-state index in [4.69, 9.17) is 4.74 Å². The van der Waals surface area contributed by atoms with Crippen LogP contribution >= 0.6 is 0 Å². The Morgan fingerprint density at radius 3 is 2.95 bits per heavy atom. The maximum Gasteiger partial charge on any atom is 0.324 e. The number of rotatable bonds is 4. The molecule has 100 valence electrons. The highest BCUT2D eigenvalue weighted by molar-refractivity contribution is 6.13. The molecule has 1 aromatic carbocycles. The van der Waals surface area contributed by atoms with Gasteiger partial charge in [0.15, 0.2) is 5.92 Å². The molecule has 1 heterocycles. The van der Waals surface area contributed by atoms with Gasteiger partial charge in [0.05, 0.1) is 13.2 Å². The fourth-order valence-corrected chi connectivity index (χ4v) is 1.92. The van der Waals surface area contributed by atoms with Crippen LogP contribution in [0.1, 0.15) is 18.1 Å². The first-order valence-electron chi connectivity index (χ1n) is 6.19. The summed E-state index contributed by atoms with van der Waals surface area (Å²) in [7, 11) is 0. The van der Waals surface area contributed by atoms with Gasteiger partial charge >= 0.3 is 5.97 Å². The molecule has 1 atom stereocenters. The van der Waals surface area contributed by atoms with Crippen LogP contribution in [0.4, 0.5) is 0 Å². The molecule has 0 fully saturated rings. The molecular weight excluding hydrogens is 244 g/mol. The minimum Gasteiger partial charge on any atom is -0.465 e. The van der Waals surface area contributed by atoms with E-state index in [9.17, 15) is 9.59 Å². The van der Waals surface area contributed by atoms with Crippen molar-refractivity contribution in [1.29, 1.82) is 0 Å². The maximum absolute atomic E-state index is 12.0. The summed E-state index contributed by atoms with van der Waals surface area (Å²) in [5.41, 5.74) is 2.10. The molecule has 5 heteroatoms. The number of hydrogen-bond donors (Lipinski definition) is 0.